The molecule has 0 N–H and O–H groups in total. The number of rotatable bonds is 3. The lowest BCUT2D eigenvalue weighted by Crippen LogP contribution is -2.11. The van der Waals surface area contributed by atoms with Gasteiger partial charge in [-0.25, -0.2) is 0 Å². The second-order valence-electron chi connectivity index (χ2n) is 3.96. The predicted molar refractivity (Wildman–Crippen MR) is 75.6 cm³/mol. The van der Waals surface area contributed by atoms with Gasteiger partial charge in [0.25, 0.3) is 0 Å². The molecule has 0 aliphatic heterocycles. The van der Waals surface area contributed by atoms with E-state index in [0.717, 1.165) is 0 Å². The lowest BCUT2D eigenvalue weighted by Gasteiger charge is -2.10. The Balaban J connectivity index is 2.43. The molecule has 0 radical (unpaired) electrons. The molecule has 0 aliphatic carbocycles. The van der Waals surface area contributed by atoms with Crippen molar-refractivity contribution in [3.05, 3.63) is 69.7 Å². The summed E-state index contributed by atoms with van der Waals surface area (Å²) in [7, 11) is 0. The van der Waals surface area contributed by atoms with Crippen molar-refractivity contribution >= 4 is 29.0 Å². The van der Waals surface area contributed by atoms with Gasteiger partial charge in [-0.2, -0.15) is 5.26 Å². The number of nitriles is 1. The lowest BCUT2D eigenvalue weighted by molar-refractivity contribution is 0.0979. The number of halogens is 2. The maximum atomic E-state index is 12.4. The number of carbonyl (C=O) groups is 1. The van der Waals surface area contributed by atoms with E-state index in [0.29, 0.717) is 15.6 Å². The maximum absolute atomic E-state index is 12.4. The first-order valence-corrected chi connectivity index (χ1v) is 6.33. The molecule has 1 atom stereocenters. The Kier molecular flexibility index (Phi) is 4.21. The summed E-state index contributed by atoms with van der Waals surface area (Å²) in [5.41, 5.74) is 0.913. The average molecular weight is 290 g/mol. The third-order valence-corrected chi connectivity index (χ3v) is 3.28. The van der Waals surface area contributed by atoms with E-state index in [1.54, 1.807) is 36.4 Å². The topological polar surface area (TPSA) is 40.9 Å². The maximum Gasteiger partial charge on any atom is 0.185 e. The van der Waals surface area contributed by atoms with Gasteiger partial charge in [-0.15, -0.1) is 0 Å². The highest BCUT2D eigenvalue weighted by atomic mass is 35.5. The number of Topliss-reactive ketones (excluding diaryl/α,β-unsaturated/α-hetero) is 1. The molecule has 2 aromatic carbocycles. The Morgan fingerprint density at radius 1 is 1.11 bits per heavy atom. The first kappa shape index (κ1) is 13.6. The standard InChI is InChI=1S/C15H9Cl2NO/c16-11-6-7-14(17)12(8-11)15(19)13(9-18)10-4-2-1-3-5-10/h1-8,13H. The monoisotopic (exact) mass is 289 g/mol. The minimum Gasteiger partial charge on any atom is -0.292 e. The summed E-state index contributed by atoms with van der Waals surface area (Å²) in [4.78, 5) is 12.4. The number of carbonyl (C=O) groups excluding carboxylic acids is 1. The first-order chi connectivity index (χ1) is 9.13. The van der Waals surface area contributed by atoms with Crippen molar-refractivity contribution in [2.75, 3.05) is 0 Å². The molecule has 0 heterocycles. The van der Waals surface area contributed by atoms with Crippen LogP contribution in [-0.4, -0.2) is 5.78 Å². The summed E-state index contributed by atoms with van der Waals surface area (Å²) in [5.74, 6) is -1.22. The highest BCUT2D eigenvalue weighted by Gasteiger charge is 2.23. The Labute approximate surface area is 121 Å². The largest absolute Gasteiger partial charge is 0.292 e. The summed E-state index contributed by atoms with van der Waals surface area (Å²) >= 11 is 11.9. The molecule has 0 aromatic heterocycles. The van der Waals surface area contributed by atoms with Crippen molar-refractivity contribution < 1.29 is 4.79 Å². The summed E-state index contributed by atoms with van der Waals surface area (Å²) in [6.07, 6.45) is 0. The quantitative estimate of drug-likeness (QED) is 0.782. The number of hydrogen-bond acceptors (Lipinski definition) is 2. The molecule has 94 valence electrons. The molecule has 0 amide bonds. The SMILES string of the molecule is N#CC(C(=O)c1cc(Cl)ccc1Cl)c1ccccc1. The van der Waals surface area contributed by atoms with Crippen molar-refractivity contribution in [1.29, 1.82) is 5.26 Å². The van der Waals surface area contributed by atoms with Gasteiger partial charge in [-0.1, -0.05) is 53.5 Å². The molecular formula is C15H9Cl2NO. The third kappa shape index (κ3) is 2.96. The van der Waals surface area contributed by atoms with E-state index in [9.17, 15) is 10.1 Å². The summed E-state index contributed by atoms with van der Waals surface area (Å²) in [5, 5.41) is 9.94. The van der Waals surface area contributed by atoms with Crippen molar-refractivity contribution in [2.24, 2.45) is 0 Å². The smallest absolute Gasteiger partial charge is 0.185 e. The van der Waals surface area contributed by atoms with E-state index < -0.39 is 5.92 Å². The van der Waals surface area contributed by atoms with E-state index in [4.69, 9.17) is 23.2 Å². The molecule has 1 unspecified atom stereocenters. The van der Waals surface area contributed by atoms with E-state index in [2.05, 4.69) is 0 Å². The van der Waals surface area contributed by atoms with Crippen LogP contribution in [0.4, 0.5) is 0 Å². The lowest BCUT2D eigenvalue weighted by atomic mass is 9.92. The second-order valence-corrected chi connectivity index (χ2v) is 4.80. The molecule has 0 bridgehead atoms. The van der Waals surface area contributed by atoms with Gasteiger partial charge in [-0.3, -0.25) is 4.79 Å². The van der Waals surface area contributed by atoms with Gasteiger partial charge in [0, 0.05) is 10.6 Å². The average Bonchev–Trinajstić information content (AvgIpc) is 2.43. The Morgan fingerprint density at radius 3 is 2.42 bits per heavy atom. The van der Waals surface area contributed by atoms with Crippen molar-refractivity contribution in [3.63, 3.8) is 0 Å². The predicted octanol–water partition coefficient (Wildman–Crippen LogP) is 4.48. The second kappa shape index (κ2) is 5.88. The fourth-order valence-corrected chi connectivity index (χ4v) is 2.15. The van der Waals surface area contributed by atoms with Gasteiger partial charge in [0.1, 0.15) is 5.92 Å². The number of hydrogen-bond donors (Lipinski definition) is 0. The molecule has 4 heteroatoms. The van der Waals surface area contributed by atoms with Gasteiger partial charge in [0.15, 0.2) is 5.78 Å². The fourth-order valence-electron chi connectivity index (χ4n) is 1.77. The van der Waals surface area contributed by atoms with Gasteiger partial charge in [-0.05, 0) is 23.8 Å². The zero-order chi connectivity index (χ0) is 13.8. The minimum atomic E-state index is -0.878. The minimum absolute atomic E-state index is 0.268. The van der Waals surface area contributed by atoms with Crippen molar-refractivity contribution in [2.45, 2.75) is 5.92 Å². The van der Waals surface area contributed by atoms with Gasteiger partial charge in [0.2, 0.25) is 0 Å². The Hall–Kier alpha value is -1.82. The van der Waals surface area contributed by atoms with Crippen LogP contribution in [0.2, 0.25) is 10.0 Å². The molecular weight excluding hydrogens is 281 g/mol. The zero-order valence-corrected chi connectivity index (χ0v) is 11.3. The van der Waals surface area contributed by atoms with Gasteiger partial charge < -0.3 is 0 Å². The number of nitrogens with zero attached hydrogens (tertiary/aromatic N) is 1. The zero-order valence-electron chi connectivity index (χ0n) is 9.81. The van der Waals surface area contributed by atoms with Crippen LogP contribution in [0.25, 0.3) is 0 Å². The highest BCUT2D eigenvalue weighted by molar-refractivity contribution is 6.36. The number of benzene rings is 2. The summed E-state index contributed by atoms with van der Waals surface area (Å²) in [6, 6.07) is 15.5. The van der Waals surface area contributed by atoms with Crippen molar-refractivity contribution in [3.8, 4) is 6.07 Å². The summed E-state index contributed by atoms with van der Waals surface area (Å²) in [6.45, 7) is 0. The molecule has 2 aromatic rings. The molecule has 0 saturated carbocycles. The third-order valence-electron chi connectivity index (χ3n) is 2.72. The van der Waals surface area contributed by atoms with E-state index in [-0.39, 0.29) is 11.3 Å². The van der Waals surface area contributed by atoms with Crippen LogP contribution >= 0.6 is 23.2 Å². The molecule has 0 fully saturated rings. The van der Waals surface area contributed by atoms with Crippen LogP contribution in [0.3, 0.4) is 0 Å². The van der Waals surface area contributed by atoms with Gasteiger partial charge >= 0.3 is 0 Å². The van der Waals surface area contributed by atoms with E-state index in [1.807, 2.05) is 12.1 Å². The molecule has 2 nitrogen and oxygen atoms in total. The van der Waals surface area contributed by atoms with E-state index in [1.165, 1.54) is 6.07 Å². The Morgan fingerprint density at radius 2 is 1.79 bits per heavy atom. The van der Waals surface area contributed by atoms with Crippen molar-refractivity contribution in [1.82, 2.24) is 0 Å². The molecule has 0 aliphatic rings. The highest BCUT2D eigenvalue weighted by Crippen LogP contribution is 2.27. The number of ketones is 1. The van der Waals surface area contributed by atoms with Crippen LogP contribution < -0.4 is 0 Å². The van der Waals surface area contributed by atoms with Crippen LogP contribution in [0, 0.1) is 11.3 Å². The van der Waals surface area contributed by atoms with Crippen LogP contribution in [0.5, 0.6) is 0 Å². The molecule has 0 saturated heterocycles. The molecule has 2 rings (SSSR count). The Bertz CT molecular complexity index is 647. The van der Waals surface area contributed by atoms with Crippen LogP contribution in [0.1, 0.15) is 21.8 Å². The van der Waals surface area contributed by atoms with Gasteiger partial charge in [0.05, 0.1) is 11.1 Å². The normalized spacial score (nSPS) is 11.6. The van der Waals surface area contributed by atoms with E-state index >= 15 is 0 Å². The molecule has 19 heavy (non-hydrogen) atoms. The van der Waals surface area contributed by atoms with Crippen LogP contribution in [0.15, 0.2) is 48.5 Å². The summed E-state index contributed by atoms with van der Waals surface area (Å²) < 4.78 is 0. The molecule has 0 spiro atoms. The van der Waals surface area contributed by atoms with Crippen LogP contribution in [-0.2, 0) is 0 Å². The first-order valence-electron chi connectivity index (χ1n) is 5.57. The fraction of sp³-hybridized carbons (Fsp3) is 0.0667.